The molecule has 0 saturated carbocycles. The van der Waals surface area contributed by atoms with Crippen LogP contribution in [0.25, 0.3) is 11.1 Å². The number of rotatable bonds is 7. The Morgan fingerprint density at radius 2 is 1.85 bits per heavy atom. The maximum absolute atomic E-state index is 13.4. The molecule has 2 aromatic carbocycles. The summed E-state index contributed by atoms with van der Waals surface area (Å²) >= 11 is 0. The summed E-state index contributed by atoms with van der Waals surface area (Å²) in [6, 6.07) is 11.9. The van der Waals surface area contributed by atoms with E-state index in [0.717, 1.165) is 12.1 Å². The molecule has 13 heteroatoms. The Labute approximate surface area is 226 Å². The van der Waals surface area contributed by atoms with Gasteiger partial charge in [0.1, 0.15) is 0 Å². The number of carbonyl (C=O) groups excluding carboxylic acids is 3. The van der Waals surface area contributed by atoms with Crippen molar-refractivity contribution in [1.29, 1.82) is 5.26 Å². The lowest BCUT2D eigenvalue weighted by molar-refractivity contribution is -0.251. The van der Waals surface area contributed by atoms with E-state index in [1.165, 1.54) is 6.07 Å². The molecular formula is C27H24F3N3O7. The van der Waals surface area contributed by atoms with Gasteiger partial charge in [0.2, 0.25) is 0 Å². The molecule has 1 spiro atoms. The van der Waals surface area contributed by atoms with Gasteiger partial charge in [-0.25, -0.2) is 14.4 Å². The number of hydrogen-bond acceptors (Lipinski definition) is 9. The molecule has 10 nitrogen and oxygen atoms in total. The second-order valence-corrected chi connectivity index (χ2v) is 9.71. The van der Waals surface area contributed by atoms with Gasteiger partial charge in [-0.05, 0) is 47.4 Å². The van der Waals surface area contributed by atoms with Crippen LogP contribution < -0.4 is 0 Å². The summed E-state index contributed by atoms with van der Waals surface area (Å²) in [4.78, 5) is 42.1. The Bertz CT molecular complexity index is 1370. The van der Waals surface area contributed by atoms with Crippen LogP contribution in [-0.2, 0) is 41.4 Å². The molecule has 1 unspecified atom stereocenters. The fourth-order valence-corrected chi connectivity index (χ4v) is 5.08. The lowest BCUT2D eigenvalue weighted by atomic mass is 9.89. The number of likely N-dealkylation sites (tertiary alicyclic amines) is 1. The van der Waals surface area contributed by atoms with Crippen molar-refractivity contribution in [3.8, 4) is 17.2 Å². The van der Waals surface area contributed by atoms with Gasteiger partial charge in [-0.1, -0.05) is 23.3 Å². The molecule has 3 saturated heterocycles. The molecule has 1 atom stereocenters. The number of ether oxygens (including phenoxy) is 3. The smallest absolute Gasteiger partial charge is 0.434 e. The molecule has 1 amide bonds. The van der Waals surface area contributed by atoms with Gasteiger partial charge in [-0.3, -0.25) is 0 Å². The normalized spacial score (nSPS) is 20.5. The predicted octanol–water partition coefficient (Wildman–Crippen LogP) is 3.78. The minimum absolute atomic E-state index is 0.0882. The van der Waals surface area contributed by atoms with E-state index in [0.29, 0.717) is 72.8 Å². The van der Waals surface area contributed by atoms with Gasteiger partial charge in [-0.2, -0.15) is 18.4 Å². The van der Waals surface area contributed by atoms with Crippen molar-refractivity contribution in [3.63, 3.8) is 0 Å². The van der Waals surface area contributed by atoms with Gasteiger partial charge >= 0.3 is 24.2 Å². The highest BCUT2D eigenvalue weighted by Crippen LogP contribution is 2.41. The number of carbonyl (C=O) groups is 3. The van der Waals surface area contributed by atoms with E-state index in [4.69, 9.17) is 19.0 Å². The van der Waals surface area contributed by atoms with E-state index >= 15 is 0 Å². The lowest BCUT2D eigenvalue weighted by Gasteiger charge is -2.40. The zero-order valence-corrected chi connectivity index (χ0v) is 21.1. The van der Waals surface area contributed by atoms with Crippen molar-refractivity contribution < 1.29 is 46.6 Å². The number of hydroxylamine groups is 2. The number of alkyl halides is 3. The van der Waals surface area contributed by atoms with E-state index < -0.39 is 41.6 Å². The third-order valence-corrected chi connectivity index (χ3v) is 7.16. The van der Waals surface area contributed by atoms with Crippen LogP contribution in [0.3, 0.4) is 0 Å². The SMILES string of the molecule is N#Cc1cccc(-c2cc(C(F)(F)F)ccc2COCCCN2CCC3(CC2)OC(=O)N2OC(=O)C(=O)OC23)c1. The number of fused-ring (bicyclic) bond motifs is 2. The second-order valence-electron chi connectivity index (χ2n) is 9.71. The standard InChI is InChI=1S/C27H24F3N3O7/c28-27(29,30)20-6-5-19(21(14-20)18-4-1-3-17(13-18)15-31)16-37-12-2-9-32-10-7-26(8-11-32)24-33(25(36)39-26)40-23(35)22(34)38-24/h1,3-6,13-14,24H,2,7-12,16H2. The summed E-state index contributed by atoms with van der Waals surface area (Å²) in [6.07, 6.45) is -5.15. The molecule has 0 N–H and O–H groups in total. The van der Waals surface area contributed by atoms with Gasteiger partial charge in [0, 0.05) is 39.1 Å². The van der Waals surface area contributed by atoms with Gasteiger partial charge in [0.05, 0.1) is 23.8 Å². The molecule has 2 aromatic rings. The third-order valence-electron chi connectivity index (χ3n) is 7.16. The second kappa shape index (κ2) is 10.8. The molecule has 0 radical (unpaired) electrons. The van der Waals surface area contributed by atoms with Crippen LogP contribution in [0.2, 0.25) is 0 Å². The molecular weight excluding hydrogens is 535 g/mol. The first-order valence-electron chi connectivity index (χ1n) is 12.6. The number of nitriles is 1. The number of benzene rings is 2. The first kappa shape index (κ1) is 27.4. The quantitative estimate of drug-likeness (QED) is 0.284. The average Bonchev–Trinajstić information content (AvgIpc) is 3.19. The Balaban J connectivity index is 1.14. The molecule has 0 bridgehead atoms. The van der Waals surface area contributed by atoms with Crippen LogP contribution in [0.15, 0.2) is 42.5 Å². The maximum atomic E-state index is 13.4. The first-order chi connectivity index (χ1) is 19.1. The fraction of sp³-hybridized carbons (Fsp3) is 0.407. The number of hydrogen-bond donors (Lipinski definition) is 0. The van der Waals surface area contributed by atoms with E-state index in [1.54, 1.807) is 24.3 Å². The van der Waals surface area contributed by atoms with Crippen LogP contribution >= 0.6 is 0 Å². The van der Waals surface area contributed by atoms with Crippen molar-refractivity contribution in [2.24, 2.45) is 0 Å². The van der Waals surface area contributed by atoms with Crippen molar-refractivity contribution >= 4 is 18.0 Å². The minimum Gasteiger partial charge on any atom is -0.434 e. The van der Waals surface area contributed by atoms with Crippen LogP contribution in [0.5, 0.6) is 0 Å². The number of piperidine rings is 1. The molecule has 3 aliphatic heterocycles. The molecule has 40 heavy (non-hydrogen) atoms. The Hall–Kier alpha value is -4.15. The van der Waals surface area contributed by atoms with E-state index in [1.807, 2.05) is 6.07 Å². The van der Waals surface area contributed by atoms with Crippen LogP contribution in [-0.4, -0.2) is 66.1 Å². The number of nitrogens with zero attached hydrogens (tertiary/aromatic N) is 3. The topological polar surface area (TPSA) is 118 Å². The van der Waals surface area contributed by atoms with Gasteiger partial charge in [0.25, 0.3) is 6.23 Å². The summed E-state index contributed by atoms with van der Waals surface area (Å²) in [5.41, 5.74) is -0.125. The predicted molar refractivity (Wildman–Crippen MR) is 129 cm³/mol. The zero-order valence-electron chi connectivity index (χ0n) is 21.1. The third kappa shape index (κ3) is 5.45. The van der Waals surface area contributed by atoms with Gasteiger partial charge in [-0.15, -0.1) is 0 Å². The van der Waals surface area contributed by atoms with Crippen molar-refractivity contribution in [2.45, 2.75) is 43.9 Å². The van der Waals surface area contributed by atoms with Crippen LogP contribution in [0.4, 0.5) is 18.0 Å². The Kier molecular flexibility index (Phi) is 7.39. The molecule has 3 fully saturated rings. The zero-order chi connectivity index (χ0) is 28.5. The van der Waals surface area contributed by atoms with Crippen molar-refractivity contribution in [2.75, 3.05) is 26.2 Å². The summed E-state index contributed by atoms with van der Waals surface area (Å²) in [6.45, 7) is 2.14. The molecule has 3 aliphatic rings. The number of esters is 1. The molecule has 0 aromatic heterocycles. The largest absolute Gasteiger partial charge is 0.447 e. The molecule has 3 heterocycles. The highest BCUT2D eigenvalue weighted by Gasteiger charge is 2.62. The highest BCUT2D eigenvalue weighted by molar-refractivity contribution is 6.30. The lowest BCUT2D eigenvalue weighted by Crippen LogP contribution is -2.57. The van der Waals surface area contributed by atoms with Crippen LogP contribution in [0, 0.1) is 11.3 Å². The van der Waals surface area contributed by atoms with E-state index in [-0.39, 0.29) is 6.61 Å². The summed E-state index contributed by atoms with van der Waals surface area (Å²) in [5.74, 6) is -2.45. The first-order valence-corrected chi connectivity index (χ1v) is 12.6. The molecule has 210 valence electrons. The molecule has 0 aliphatic carbocycles. The average molecular weight is 559 g/mol. The molecule has 5 rings (SSSR count). The van der Waals surface area contributed by atoms with E-state index in [2.05, 4.69) is 4.90 Å². The van der Waals surface area contributed by atoms with E-state index in [9.17, 15) is 32.8 Å². The monoisotopic (exact) mass is 559 g/mol. The van der Waals surface area contributed by atoms with Crippen molar-refractivity contribution in [1.82, 2.24) is 9.96 Å². The van der Waals surface area contributed by atoms with Gasteiger partial charge in [0.15, 0.2) is 5.60 Å². The highest BCUT2D eigenvalue weighted by atomic mass is 19.4. The number of halogens is 3. The van der Waals surface area contributed by atoms with Crippen LogP contribution in [0.1, 0.15) is 36.0 Å². The number of amides is 1. The summed E-state index contributed by atoms with van der Waals surface area (Å²) in [7, 11) is 0. The Morgan fingerprint density at radius 1 is 1.07 bits per heavy atom. The Morgan fingerprint density at radius 3 is 2.58 bits per heavy atom. The van der Waals surface area contributed by atoms with Crippen molar-refractivity contribution in [3.05, 3.63) is 59.2 Å². The van der Waals surface area contributed by atoms with Gasteiger partial charge < -0.3 is 23.9 Å². The minimum atomic E-state index is -4.51. The maximum Gasteiger partial charge on any atom is 0.447 e. The summed E-state index contributed by atoms with van der Waals surface area (Å²) in [5, 5.41) is 9.86. The summed E-state index contributed by atoms with van der Waals surface area (Å²) < 4.78 is 56.5. The fourth-order valence-electron chi connectivity index (χ4n) is 5.08.